The number of hydrogen-bond donors (Lipinski definition) is 1. The van der Waals surface area contributed by atoms with Crippen molar-refractivity contribution in [2.45, 2.75) is 0 Å². The van der Waals surface area contributed by atoms with Gasteiger partial charge in [-0.05, 0) is 0 Å². The molecule has 10 heavy (non-hydrogen) atoms. The van der Waals surface area contributed by atoms with Gasteiger partial charge in [0.2, 0.25) is 0 Å². The van der Waals surface area contributed by atoms with E-state index < -0.39 is 0 Å². The molecule has 0 aliphatic rings. The first-order valence-corrected chi connectivity index (χ1v) is 2.49. The van der Waals surface area contributed by atoms with Gasteiger partial charge in [-0.1, -0.05) is 5.04 Å². The Morgan fingerprint density at radius 2 is 1.80 bits per heavy atom. The van der Waals surface area contributed by atoms with E-state index in [1.165, 1.54) is 7.11 Å². The molecular formula is C4H10O6. The Bertz CT molecular complexity index is 49.7. The average molecular weight is 154 g/mol. The number of methoxy groups -OCH3 is 1. The van der Waals surface area contributed by atoms with Crippen LogP contribution in [0.4, 0.5) is 0 Å². The minimum atomic E-state index is -0.194. The van der Waals surface area contributed by atoms with Crippen LogP contribution in [0.1, 0.15) is 0 Å². The maximum atomic E-state index is 7.60. The van der Waals surface area contributed by atoms with Gasteiger partial charge in [-0.3, -0.25) is 0 Å². The molecule has 0 saturated carbocycles. The van der Waals surface area contributed by atoms with Crippen molar-refractivity contribution < 1.29 is 29.4 Å². The van der Waals surface area contributed by atoms with Gasteiger partial charge in [0.25, 0.3) is 0 Å². The number of rotatable bonds is 7. The largest absolute Gasteiger partial charge is 0.359 e. The third-order valence-corrected chi connectivity index (χ3v) is 0.552. The van der Waals surface area contributed by atoms with E-state index in [2.05, 4.69) is 24.1 Å². The maximum absolute atomic E-state index is 7.60. The van der Waals surface area contributed by atoms with E-state index in [0.29, 0.717) is 0 Å². The van der Waals surface area contributed by atoms with Crippen LogP contribution in [0, 0.1) is 0 Å². The molecule has 0 rings (SSSR count). The summed E-state index contributed by atoms with van der Waals surface area (Å²) in [4.78, 5) is 3.93. The van der Waals surface area contributed by atoms with Crippen molar-refractivity contribution in [3.05, 3.63) is 0 Å². The molecule has 0 spiro atoms. The Morgan fingerprint density at radius 3 is 2.40 bits per heavy atom. The van der Waals surface area contributed by atoms with Crippen LogP contribution in [-0.2, 0) is 24.1 Å². The van der Waals surface area contributed by atoms with Crippen molar-refractivity contribution in [1.82, 2.24) is 0 Å². The molecule has 0 heterocycles. The quantitative estimate of drug-likeness (QED) is 0.240. The minimum Gasteiger partial charge on any atom is -0.359 e. The second-order valence-electron chi connectivity index (χ2n) is 1.24. The first-order valence-electron chi connectivity index (χ1n) is 2.49. The molecule has 0 atom stereocenters. The molecule has 0 aromatic carbocycles. The molecule has 0 aromatic rings. The van der Waals surface area contributed by atoms with Crippen LogP contribution >= 0.6 is 0 Å². The van der Waals surface area contributed by atoms with Crippen LogP contribution in [0.3, 0.4) is 0 Å². The Balaban J connectivity index is 2.65. The highest BCUT2D eigenvalue weighted by atomic mass is 17.5. The van der Waals surface area contributed by atoms with Crippen molar-refractivity contribution in [1.29, 1.82) is 0 Å². The SMILES string of the molecule is COCOCOCOOO. The third-order valence-electron chi connectivity index (χ3n) is 0.552. The fourth-order valence-electron chi connectivity index (χ4n) is 0.266. The van der Waals surface area contributed by atoms with Crippen molar-refractivity contribution in [3.8, 4) is 0 Å². The van der Waals surface area contributed by atoms with Crippen LogP contribution in [-0.4, -0.2) is 32.7 Å². The highest BCUT2D eigenvalue weighted by Gasteiger charge is 1.86. The highest BCUT2D eigenvalue weighted by Crippen LogP contribution is 1.79. The predicted molar refractivity (Wildman–Crippen MR) is 28.6 cm³/mol. The van der Waals surface area contributed by atoms with E-state index in [9.17, 15) is 0 Å². The summed E-state index contributed by atoms with van der Waals surface area (Å²) in [6.45, 7) is -0.0165. The molecule has 62 valence electrons. The van der Waals surface area contributed by atoms with E-state index in [1.54, 1.807) is 0 Å². The minimum absolute atomic E-state index is 0.0250. The molecule has 0 aromatic heterocycles. The van der Waals surface area contributed by atoms with E-state index in [1.807, 2.05) is 0 Å². The summed E-state index contributed by atoms with van der Waals surface area (Å²) >= 11 is 0. The summed E-state index contributed by atoms with van der Waals surface area (Å²) in [7, 11) is 1.49. The van der Waals surface area contributed by atoms with Crippen molar-refractivity contribution in [2.24, 2.45) is 0 Å². The van der Waals surface area contributed by atoms with Gasteiger partial charge in [-0.15, -0.1) is 0 Å². The fraction of sp³-hybridized carbons (Fsp3) is 1.00. The van der Waals surface area contributed by atoms with E-state index >= 15 is 0 Å². The zero-order valence-electron chi connectivity index (χ0n) is 5.61. The second kappa shape index (κ2) is 8.76. The average Bonchev–Trinajstić information content (AvgIpc) is 1.97. The van der Waals surface area contributed by atoms with Crippen LogP contribution in [0.15, 0.2) is 0 Å². The Hall–Kier alpha value is -0.240. The molecule has 0 aliphatic carbocycles. The summed E-state index contributed by atoms with van der Waals surface area (Å²) in [5.41, 5.74) is 0. The standard InChI is InChI=1S/C4H10O6/c1-6-2-7-3-8-4-9-10-5/h5H,2-4H2,1H3. The molecule has 6 heteroatoms. The summed E-state index contributed by atoms with van der Waals surface area (Å²) < 4.78 is 13.8. The van der Waals surface area contributed by atoms with Crippen LogP contribution < -0.4 is 0 Å². The molecule has 6 nitrogen and oxygen atoms in total. The van der Waals surface area contributed by atoms with Gasteiger partial charge < -0.3 is 14.2 Å². The van der Waals surface area contributed by atoms with Gasteiger partial charge in [0, 0.05) is 7.11 Å². The third kappa shape index (κ3) is 7.76. The highest BCUT2D eigenvalue weighted by molar-refractivity contribution is 3.99. The van der Waals surface area contributed by atoms with Gasteiger partial charge in [0.1, 0.15) is 6.79 Å². The lowest BCUT2D eigenvalue weighted by Crippen LogP contribution is -2.05. The number of hydrogen-bond acceptors (Lipinski definition) is 6. The van der Waals surface area contributed by atoms with Crippen LogP contribution in [0.25, 0.3) is 0 Å². The normalized spacial score (nSPS) is 10.2. The van der Waals surface area contributed by atoms with Gasteiger partial charge in [0.15, 0.2) is 13.6 Å². The van der Waals surface area contributed by atoms with Crippen LogP contribution in [0.2, 0.25) is 0 Å². The number of ether oxygens (including phenoxy) is 3. The Labute approximate surface area is 58.1 Å². The first-order chi connectivity index (χ1) is 4.91. The fourth-order valence-corrected chi connectivity index (χ4v) is 0.266. The van der Waals surface area contributed by atoms with Crippen molar-refractivity contribution in [2.75, 3.05) is 27.5 Å². The summed E-state index contributed by atoms with van der Waals surface area (Å²) in [5.74, 6) is 0. The second-order valence-corrected chi connectivity index (χ2v) is 1.24. The summed E-state index contributed by atoms with van der Waals surface area (Å²) in [6, 6.07) is 0. The van der Waals surface area contributed by atoms with Crippen molar-refractivity contribution >= 4 is 0 Å². The van der Waals surface area contributed by atoms with E-state index in [4.69, 9.17) is 5.26 Å². The molecule has 0 bridgehead atoms. The molecule has 0 amide bonds. The molecule has 0 radical (unpaired) electrons. The zero-order chi connectivity index (χ0) is 7.66. The lowest BCUT2D eigenvalue weighted by molar-refractivity contribution is -0.510. The Morgan fingerprint density at radius 1 is 1.10 bits per heavy atom. The van der Waals surface area contributed by atoms with Crippen LogP contribution in [0.5, 0.6) is 0 Å². The molecule has 0 saturated heterocycles. The molecule has 0 unspecified atom stereocenters. The van der Waals surface area contributed by atoms with Gasteiger partial charge >= 0.3 is 0 Å². The van der Waals surface area contributed by atoms with Gasteiger partial charge in [-0.25, -0.2) is 5.26 Å². The monoisotopic (exact) mass is 154 g/mol. The van der Waals surface area contributed by atoms with E-state index in [0.717, 1.165) is 0 Å². The van der Waals surface area contributed by atoms with Crippen molar-refractivity contribution in [3.63, 3.8) is 0 Å². The topological polar surface area (TPSA) is 66.4 Å². The lowest BCUT2D eigenvalue weighted by atomic mass is 11.3. The first kappa shape index (κ1) is 9.76. The van der Waals surface area contributed by atoms with Gasteiger partial charge in [0.05, 0.1) is 0 Å². The maximum Gasteiger partial charge on any atom is 0.186 e. The molecule has 1 N–H and O–H groups in total. The predicted octanol–water partition coefficient (Wildman–Crippen LogP) is -0.0403. The zero-order valence-corrected chi connectivity index (χ0v) is 5.61. The lowest BCUT2D eigenvalue weighted by Gasteiger charge is -2.01. The summed E-state index contributed by atoms with van der Waals surface area (Å²) in [5, 5.41) is 10.8. The molecular weight excluding hydrogens is 144 g/mol. The summed E-state index contributed by atoms with van der Waals surface area (Å²) in [6.07, 6.45) is 0. The molecule has 0 fully saturated rings. The Kier molecular flexibility index (Phi) is 8.55. The smallest absolute Gasteiger partial charge is 0.186 e. The van der Waals surface area contributed by atoms with Gasteiger partial charge in [-0.2, -0.15) is 4.89 Å². The molecule has 0 aliphatic heterocycles. The van der Waals surface area contributed by atoms with E-state index in [-0.39, 0.29) is 20.4 Å².